The van der Waals surface area contributed by atoms with E-state index in [0.717, 1.165) is 16.8 Å². The Balaban J connectivity index is 1.55. The molecule has 11 nitrogen and oxygen atoms in total. The van der Waals surface area contributed by atoms with Gasteiger partial charge in [0.1, 0.15) is 11.6 Å². The Morgan fingerprint density at radius 3 is 2.42 bits per heavy atom. The minimum atomic E-state index is -1.33. The number of aromatic nitrogens is 1. The van der Waals surface area contributed by atoms with Crippen molar-refractivity contribution in [1.29, 1.82) is 0 Å². The number of nitrogens with two attached hydrogens (primary N) is 1. The Bertz CT molecular complexity index is 1500. The first-order valence-electron chi connectivity index (χ1n) is 14.0. The van der Waals surface area contributed by atoms with Gasteiger partial charge in [-0.25, -0.2) is 9.78 Å². The molecule has 0 saturated carbocycles. The highest BCUT2D eigenvalue weighted by Gasteiger charge is 2.43. The van der Waals surface area contributed by atoms with E-state index in [9.17, 15) is 19.2 Å². The molecule has 11 heteroatoms. The zero-order valence-electron chi connectivity index (χ0n) is 25.3. The number of carbonyl (C=O) groups is 4. The number of oxazole rings is 1. The second-order valence-electron chi connectivity index (χ2n) is 12.1. The first-order chi connectivity index (χ1) is 20.2. The van der Waals surface area contributed by atoms with E-state index in [4.69, 9.17) is 19.6 Å². The minimum Gasteiger partial charge on any atom is -0.464 e. The summed E-state index contributed by atoms with van der Waals surface area (Å²) in [6, 6.07) is 12.7. The molecular weight excluding hydrogens is 552 g/mol. The van der Waals surface area contributed by atoms with Crippen molar-refractivity contribution < 1.29 is 33.1 Å². The molecule has 43 heavy (non-hydrogen) atoms. The monoisotopic (exact) mass is 590 g/mol. The zero-order chi connectivity index (χ0) is 31.5. The van der Waals surface area contributed by atoms with Gasteiger partial charge in [0.15, 0.2) is 17.8 Å². The van der Waals surface area contributed by atoms with E-state index >= 15 is 0 Å². The van der Waals surface area contributed by atoms with Crippen LogP contribution in [0.5, 0.6) is 0 Å². The molecule has 0 aliphatic carbocycles. The van der Waals surface area contributed by atoms with Crippen molar-refractivity contribution in [1.82, 2.24) is 10.3 Å². The Morgan fingerprint density at radius 2 is 1.77 bits per heavy atom. The van der Waals surface area contributed by atoms with Crippen LogP contribution in [0.2, 0.25) is 0 Å². The number of fused-ring (bicyclic) bond motifs is 1. The summed E-state index contributed by atoms with van der Waals surface area (Å²) < 4.78 is 15.7. The second-order valence-corrected chi connectivity index (χ2v) is 12.1. The summed E-state index contributed by atoms with van der Waals surface area (Å²) in [4.78, 5) is 57.7. The van der Waals surface area contributed by atoms with Crippen LogP contribution in [0.15, 0.2) is 59.3 Å². The molecule has 2 aromatic carbocycles. The maximum atomic E-state index is 14.0. The summed E-state index contributed by atoms with van der Waals surface area (Å²) in [5, 5.41) is 2.81. The van der Waals surface area contributed by atoms with Crippen LogP contribution >= 0.6 is 0 Å². The van der Waals surface area contributed by atoms with E-state index in [2.05, 4.69) is 10.3 Å². The molecule has 2 atom stereocenters. The third-order valence-electron chi connectivity index (χ3n) is 7.35. The van der Waals surface area contributed by atoms with Gasteiger partial charge in [0, 0.05) is 11.3 Å². The van der Waals surface area contributed by atoms with E-state index < -0.39 is 40.9 Å². The van der Waals surface area contributed by atoms with Crippen molar-refractivity contribution in [2.24, 2.45) is 11.1 Å². The fourth-order valence-electron chi connectivity index (χ4n) is 4.78. The molecule has 1 aromatic heterocycles. The molecule has 0 spiro atoms. The molecule has 228 valence electrons. The first-order valence-corrected chi connectivity index (χ1v) is 14.0. The molecule has 2 heterocycles. The molecule has 1 unspecified atom stereocenters. The smallest absolute Gasteiger partial charge is 0.360 e. The number of amides is 2. The number of nitrogens with one attached hydrogen (secondary N) is 1. The number of benzene rings is 2. The normalized spacial score (nSPS) is 16.1. The second kappa shape index (κ2) is 12.4. The lowest BCUT2D eigenvalue weighted by Crippen LogP contribution is -2.58. The number of hydrogen-bond acceptors (Lipinski definition) is 9. The molecule has 1 aliphatic rings. The highest BCUT2D eigenvalue weighted by molar-refractivity contribution is 6.01. The van der Waals surface area contributed by atoms with Crippen molar-refractivity contribution in [3.8, 4) is 11.3 Å². The number of rotatable bonds is 8. The lowest BCUT2D eigenvalue weighted by molar-refractivity contribution is -0.168. The number of ether oxygens (including phenoxy) is 2. The van der Waals surface area contributed by atoms with E-state index in [0.29, 0.717) is 18.4 Å². The summed E-state index contributed by atoms with van der Waals surface area (Å²) in [5.74, 6) is -1.84. The molecule has 3 aromatic rings. The topological polar surface area (TPSA) is 154 Å². The maximum Gasteiger partial charge on any atom is 0.360 e. The highest BCUT2D eigenvalue weighted by atomic mass is 16.6. The van der Waals surface area contributed by atoms with Gasteiger partial charge in [-0.1, -0.05) is 42.5 Å². The van der Waals surface area contributed by atoms with E-state index in [1.54, 1.807) is 51.7 Å². The zero-order valence-corrected chi connectivity index (χ0v) is 25.3. The molecule has 3 N–H and O–H groups in total. The van der Waals surface area contributed by atoms with Gasteiger partial charge < -0.3 is 29.8 Å². The van der Waals surface area contributed by atoms with E-state index in [-0.39, 0.29) is 23.9 Å². The Kier molecular flexibility index (Phi) is 9.05. The molecule has 0 saturated heterocycles. The van der Waals surface area contributed by atoms with Gasteiger partial charge >= 0.3 is 11.9 Å². The summed E-state index contributed by atoms with van der Waals surface area (Å²) in [6.45, 7) is 8.55. The summed E-state index contributed by atoms with van der Waals surface area (Å²) in [6.07, 6.45) is 2.09. The molecule has 0 radical (unpaired) electrons. The fraction of sp³-hybridized carbons (Fsp3) is 0.406. The van der Waals surface area contributed by atoms with Gasteiger partial charge in [-0.15, -0.1) is 0 Å². The van der Waals surface area contributed by atoms with Crippen LogP contribution in [-0.4, -0.2) is 53.5 Å². The van der Waals surface area contributed by atoms with Crippen molar-refractivity contribution in [3.05, 3.63) is 71.7 Å². The van der Waals surface area contributed by atoms with Gasteiger partial charge in [-0.3, -0.25) is 14.4 Å². The number of nitrogens with zero attached hydrogens (tertiary/aromatic N) is 2. The third-order valence-corrected chi connectivity index (χ3v) is 7.35. The minimum absolute atomic E-state index is 0.0681. The average Bonchev–Trinajstić information content (AvgIpc) is 3.42. The van der Waals surface area contributed by atoms with Crippen molar-refractivity contribution in [2.75, 3.05) is 12.0 Å². The number of esters is 2. The number of carbonyl (C=O) groups excluding carboxylic acids is 4. The average molecular weight is 591 g/mol. The van der Waals surface area contributed by atoms with Gasteiger partial charge in [0.2, 0.25) is 11.8 Å². The number of methoxy groups -OCH3 is 1. The fourth-order valence-corrected chi connectivity index (χ4v) is 4.78. The summed E-state index contributed by atoms with van der Waals surface area (Å²) in [7, 11) is 1.27. The van der Waals surface area contributed by atoms with Gasteiger partial charge in [-0.05, 0) is 64.7 Å². The Morgan fingerprint density at radius 1 is 1.09 bits per heavy atom. The summed E-state index contributed by atoms with van der Waals surface area (Å²) >= 11 is 0. The summed E-state index contributed by atoms with van der Waals surface area (Å²) in [5.41, 5.74) is 7.41. The highest BCUT2D eigenvalue weighted by Crippen LogP contribution is 2.31. The van der Waals surface area contributed by atoms with Gasteiger partial charge in [0.25, 0.3) is 0 Å². The van der Waals surface area contributed by atoms with Crippen molar-refractivity contribution in [3.63, 3.8) is 0 Å². The number of hydrogen-bond donors (Lipinski definition) is 2. The predicted octanol–water partition coefficient (Wildman–Crippen LogP) is 3.79. The number of para-hydroxylation sites is 1. The third kappa shape index (κ3) is 6.94. The lowest BCUT2D eigenvalue weighted by Gasteiger charge is -2.33. The molecular formula is C32H38N4O7. The standard InChI is InChI=1S/C32H38N4O7/c1-31(2,3)43-30(40)32(4,5)26(33)27(37)35-22-16-15-20-9-7-8-10-23(20)36(28(22)38)17-19-11-13-21(14-12-19)25-24(29(39)41-6)34-18-42-25/h7-14,18,22,26H,15-17,33H2,1-6H3,(H,35,37)/t22-,26?/m1/s1. The molecule has 0 bridgehead atoms. The van der Waals surface area contributed by atoms with Crippen LogP contribution in [0.3, 0.4) is 0 Å². The van der Waals surface area contributed by atoms with Gasteiger partial charge in [-0.2, -0.15) is 0 Å². The van der Waals surface area contributed by atoms with Crippen LogP contribution in [0.25, 0.3) is 11.3 Å². The van der Waals surface area contributed by atoms with E-state index in [1.807, 2.05) is 36.4 Å². The lowest BCUT2D eigenvalue weighted by atomic mass is 9.84. The number of anilines is 1. The van der Waals surface area contributed by atoms with Crippen LogP contribution in [0, 0.1) is 5.41 Å². The Hall–Kier alpha value is -4.51. The molecule has 1 aliphatic heterocycles. The van der Waals surface area contributed by atoms with Crippen LogP contribution in [-0.2, 0) is 36.8 Å². The van der Waals surface area contributed by atoms with Crippen LogP contribution < -0.4 is 16.0 Å². The Labute approximate surface area is 250 Å². The first kappa shape index (κ1) is 31.4. The van der Waals surface area contributed by atoms with E-state index in [1.165, 1.54) is 13.5 Å². The van der Waals surface area contributed by atoms with Crippen LogP contribution in [0.1, 0.15) is 62.7 Å². The van der Waals surface area contributed by atoms with Gasteiger partial charge in [0.05, 0.1) is 25.1 Å². The molecule has 0 fully saturated rings. The quantitative estimate of drug-likeness (QED) is 0.373. The molecule has 4 rings (SSSR count). The molecule has 2 amide bonds. The SMILES string of the molecule is COC(=O)c1ncoc1-c1ccc(CN2C(=O)[C@H](NC(=O)C(N)C(C)(C)C(=O)OC(C)(C)C)CCc3ccccc32)cc1. The number of aryl methyl sites for hydroxylation is 1. The largest absolute Gasteiger partial charge is 0.464 e. The van der Waals surface area contributed by atoms with Crippen molar-refractivity contribution in [2.45, 2.75) is 71.7 Å². The van der Waals surface area contributed by atoms with Crippen molar-refractivity contribution >= 4 is 29.4 Å². The maximum absolute atomic E-state index is 14.0. The van der Waals surface area contributed by atoms with Crippen LogP contribution in [0.4, 0.5) is 5.69 Å². The predicted molar refractivity (Wildman–Crippen MR) is 159 cm³/mol.